The topological polar surface area (TPSA) is 66.8 Å². The first kappa shape index (κ1) is 12.4. The van der Waals surface area contributed by atoms with Gasteiger partial charge in [-0.3, -0.25) is 4.79 Å². The Bertz CT molecular complexity index is 130. The van der Waals surface area contributed by atoms with Crippen LogP contribution in [0.4, 0.5) is 0 Å². The molecule has 0 aliphatic carbocycles. The molecule has 0 aromatic heterocycles. The second kappa shape index (κ2) is 8.01. The van der Waals surface area contributed by atoms with Crippen LogP contribution >= 0.6 is 0 Å². The van der Waals surface area contributed by atoms with E-state index in [1.807, 2.05) is 6.92 Å². The average molecular weight is 190 g/mol. The van der Waals surface area contributed by atoms with Gasteiger partial charge >= 0.3 is 5.97 Å². The van der Waals surface area contributed by atoms with Crippen LogP contribution in [0.25, 0.3) is 0 Å². The van der Waals surface area contributed by atoms with E-state index in [0.29, 0.717) is 6.42 Å². The highest BCUT2D eigenvalue weighted by Gasteiger charge is 2.07. The molecule has 0 saturated carbocycles. The number of hydrogen-bond donors (Lipinski definition) is 2. The zero-order valence-corrected chi connectivity index (χ0v) is 8.03. The van der Waals surface area contributed by atoms with E-state index in [9.17, 15) is 4.79 Å². The summed E-state index contributed by atoms with van der Waals surface area (Å²) in [5.41, 5.74) is 0. The highest BCUT2D eigenvalue weighted by atomic mass is 16.6. The molecule has 1 saturated heterocycles. The molecule has 0 amide bonds. The number of aliphatic hydroxyl groups excluding tert-OH is 1. The summed E-state index contributed by atoms with van der Waals surface area (Å²) < 4.78 is 4.83. The Hall–Kier alpha value is -0.610. The predicted molar refractivity (Wildman–Crippen MR) is 48.4 cm³/mol. The first-order valence-corrected chi connectivity index (χ1v) is 4.68. The largest absolute Gasteiger partial charge is 0.481 e. The van der Waals surface area contributed by atoms with Crippen molar-refractivity contribution in [1.29, 1.82) is 0 Å². The molecule has 1 aliphatic heterocycles. The summed E-state index contributed by atoms with van der Waals surface area (Å²) in [5, 5.41) is 16.6. The smallest absolute Gasteiger partial charge is 0.303 e. The molecule has 1 atom stereocenters. The van der Waals surface area contributed by atoms with Gasteiger partial charge in [-0.2, -0.15) is 0 Å². The van der Waals surface area contributed by atoms with Crippen LogP contribution in [0, 0.1) is 0 Å². The molecular weight excluding hydrogens is 172 g/mol. The maximum absolute atomic E-state index is 9.60. The molecule has 0 aromatic carbocycles. The lowest BCUT2D eigenvalue weighted by Crippen LogP contribution is -2.17. The Labute approximate surface area is 78.5 Å². The minimum Gasteiger partial charge on any atom is -0.481 e. The van der Waals surface area contributed by atoms with Gasteiger partial charge in [0.2, 0.25) is 0 Å². The molecule has 1 heterocycles. The molecule has 0 radical (unpaired) electrons. The van der Waals surface area contributed by atoms with Crippen LogP contribution in [-0.2, 0) is 9.53 Å². The monoisotopic (exact) mass is 190 g/mol. The lowest BCUT2D eigenvalue weighted by Gasteiger charge is -2.16. The van der Waals surface area contributed by atoms with Gasteiger partial charge in [0.05, 0.1) is 0 Å². The number of hydrogen-bond acceptors (Lipinski definition) is 3. The number of rotatable bonds is 2. The number of aliphatic carboxylic acids is 1. The van der Waals surface area contributed by atoms with Gasteiger partial charge in [-0.05, 0) is 25.7 Å². The van der Waals surface area contributed by atoms with E-state index in [2.05, 4.69) is 0 Å². The fourth-order valence-electron chi connectivity index (χ4n) is 0.938. The van der Waals surface area contributed by atoms with Crippen molar-refractivity contribution < 1.29 is 19.7 Å². The van der Waals surface area contributed by atoms with E-state index in [-0.39, 0.29) is 0 Å². The van der Waals surface area contributed by atoms with Crippen LogP contribution < -0.4 is 0 Å². The number of aliphatic hydroxyl groups is 1. The Morgan fingerprint density at radius 2 is 2.23 bits per heavy atom. The standard InChI is InChI=1S/C5H10O2.C4H8O2/c6-5-3-1-2-4-7-5;1-2-3-4(5)6/h5-6H,1-4H2;2-3H2,1H3,(H,5,6). The fourth-order valence-corrected chi connectivity index (χ4v) is 0.938. The minimum atomic E-state index is -0.711. The molecule has 0 bridgehead atoms. The van der Waals surface area contributed by atoms with Crippen LogP contribution in [0.5, 0.6) is 0 Å². The molecule has 1 fully saturated rings. The van der Waals surface area contributed by atoms with E-state index in [1.165, 1.54) is 0 Å². The van der Waals surface area contributed by atoms with E-state index >= 15 is 0 Å². The summed E-state index contributed by atoms with van der Waals surface area (Å²) in [4.78, 5) is 9.60. The molecular formula is C9H18O4. The average Bonchev–Trinajstić information content (AvgIpc) is 2.06. The first-order chi connectivity index (χ1) is 6.16. The summed E-state index contributed by atoms with van der Waals surface area (Å²) >= 11 is 0. The number of carboxylic acid groups (broad SMARTS) is 1. The maximum atomic E-state index is 9.60. The van der Waals surface area contributed by atoms with Gasteiger partial charge in [-0.25, -0.2) is 0 Å². The van der Waals surface area contributed by atoms with Crippen LogP contribution in [0.2, 0.25) is 0 Å². The molecule has 1 rings (SSSR count). The van der Waals surface area contributed by atoms with Crippen molar-refractivity contribution in [1.82, 2.24) is 0 Å². The maximum Gasteiger partial charge on any atom is 0.303 e. The first-order valence-electron chi connectivity index (χ1n) is 4.68. The Kier molecular flexibility index (Phi) is 7.63. The van der Waals surface area contributed by atoms with Gasteiger partial charge in [0, 0.05) is 13.0 Å². The van der Waals surface area contributed by atoms with Crippen molar-refractivity contribution in [2.75, 3.05) is 6.61 Å². The van der Waals surface area contributed by atoms with Gasteiger partial charge in [0.1, 0.15) is 0 Å². The summed E-state index contributed by atoms with van der Waals surface area (Å²) in [7, 11) is 0. The van der Waals surface area contributed by atoms with Crippen molar-refractivity contribution in [3.63, 3.8) is 0 Å². The molecule has 2 N–H and O–H groups in total. The fraction of sp³-hybridized carbons (Fsp3) is 0.889. The summed E-state index contributed by atoms with van der Waals surface area (Å²) in [6.07, 6.45) is 3.60. The normalized spacial score (nSPS) is 21.5. The zero-order chi connectivity index (χ0) is 10.1. The third kappa shape index (κ3) is 9.30. The van der Waals surface area contributed by atoms with E-state index in [0.717, 1.165) is 32.3 Å². The molecule has 4 heteroatoms. The predicted octanol–water partition coefficient (Wildman–Crippen LogP) is 1.38. The van der Waals surface area contributed by atoms with Crippen molar-refractivity contribution in [3.8, 4) is 0 Å². The minimum absolute atomic E-state index is 0.292. The molecule has 1 aliphatic rings. The molecule has 13 heavy (non-hydrogen) atoms. The summed E-state index contributed by atoms with van der Waals surface area (Å²) in [6.45, 7) is 2.58. The third-order valence-electron chi connectivity index (χ3n) is 1.62. The van der Waals surface area contributed by atoms with E-state index < -0.39 is 12.3 Å². The number of ether oxygens (including phenoxy) is 1. The number of carboxylic acids is 1. The molecule has 1 unspecified atom stereocenters. The van der Waals surface area contributed by atoms with E-state index in [1.54, 1.807) is 0 Å². The van der Waals surface area contributed by atoms with Crippen LogP contribution in [-0.4, -0.2) is 29.1 Å². The van der Waals surface area contributed by atoms with Crippen LogP contribution in [0.15, 0.2) is 0 Å². The molecule has 4 nitrogen and oxygen atoms in total. The zero-order valence-electron chi connectivity index (χ0n) is 8.03. The van der Waals surface area contributed by atoms with Gasteiger partial charge in [-0.1, -0.05) is 6.92 Å². The Morgan fingerprint density at radius 3 is 2.38 bits per heavy atom. The summed E-state index contributed by atoms with van der Waals surface area (Å²) in [5.74, 6) is -0.711. The lowest BCUT2D eigenvalue weighted by molar-refractivity contribution is -0.137. The molecule has 78 valence electrons. The Morgan fingerprint density at radius 1 is 1.54 bits per heavy atom. The third-order valence-corrected chi connectivity index (χ3v) is 1.62. The van der Waals surface area contributed by atoms with Crippen LogP contribution in [0.1, 0.15) is 39.0 Å². The van der Waals surface area contributed by atoms with Crippen molar-refractivity contribution in [2.45, 2.75) is 45.3 Å². The SMILES string of the molecule is CCCC(=O)O.OC1CCCCO1. The van der Waals surface area contributed by atoms with Gasteiger partial charge in [0.15, 0.2) is 6.29 Å². The van der Waals surface area contributed by atoms with Crippen molar-refractivity contribution >= 4 is 5.97 Å². The Balaban J connectivity index is 0.000000226. The van der Waals surface area contributed by atoms with Crippen molar-refractivity contribution in [3.05, 3.63) is 0 Å². The highest BCUT2D eigenvalue weighted by molar-refractivity contribution is 5.66. The second-order valence-electron chi connectivity index (χ2n) is 2.96. The number of carbonyl (C=O) groups is 1. The quantitative estimate of drug-likeness (QED) is 0.690. The molecule has 0 aromatic rings. The van der Waals surface area contributed by atoms with Gasteiger partial charge in [-0.15, -0.1) is 0 Å². The van der Waals surface area contributed by atoms with Crippen LogP contribution in [0.3, 0.4) is 0 Å². The molecule has 0 spiro atoms. The summed E-state index contributed by atoms with van der Waals surface area (Å²) in [6, 6.07) is 0. The van der Waals surface area contributed by atoms with Gasteiger partial charge in [0.25, 0.3) is 0 Å². The second-order valence-corrected chi connectivity index (χ2v) is 2.96. The van der Waals surface area contributed by atoms with E-state index in [4.69, 9.17) is 14.9 Å². The lowest BCUT2D eigenvalue weighted by atomic mass is 10.2. The van der Waals surface area contributed by atoms with Gasteiger partial charge < -0.3 is 14.9 Å². The highest BCUT2D eigenvalue weighted by Crippen LogP contribution is 2.08. The van der Waals surface area contributed by atoms with Crippen molar-refractivity contribution in [2.24, 2.45) is 0 Å².